The lowest BCUT2D eigenvalue weighted by Crippen LogP contribution is -2.04. The van der Waals surface area contributed by atoms with Crippen molar-refractivity contribution in [1.82, 2.24) is 0 Å². The number of esters is 2. The fraction of sp³-hybridized carbons (Fsp3) is 0.733. The van der Waals surface area contributed by atoms with Gasteiger partial charge in [-0.05, 0) is 19.3 Å². The van der Waals surface area contributed by atoms with Crippen LogP contribution in [0.4, 0.5) is 0 Å². The molecule has 0 aliphatic carbocycles. The molecular weight excluding hydrogens is 260 g/mol. The second-order valence-corrected chi connectivity index (χ2v) is 4.42. The van der Waals surface area contributed by atoms with Crippen LogP contribution in [0.2, 0.25) is 0 Å². The molecule has 0 saturated carbocycles. The van der Waals surface area contributed by atoms with Crippen LogP contribution >= 0.6 is 0 Å². The van der Waals surface area contributed by atoms with Gasteiger partial charge in [0.2, 0.25) is 0 Å². The van der Waals surface area contributed by atoms with Gasteiger partial charge >= 0.3 is 11.9 Å². The van der Waals surface area contributed by atoms with Gasteiger partial charge in [-0.2, -0.15) is 0 Å². The SMILES string of the molecule is CCC(=O)OCCCCCCC/C=C/C(=O)OCCO. The molecule has 0 rings (SSSR count). The van der Waals surface area contributed by atoms with E-state index in [-0.39, 0.29) is 19.2 Å². The predicted molar refractivity (Wildman–Crippen MR) is 76.1 cm³/mol. The number of carbonyl (C=O) groups excluding carboxylic acids is 2. The molecule has 0 aromatic heterocycles. The third-order valence-electron chi connectivity index (χ3n) is 2.66. The van der Waals surface area contributed by atoms with Crippen LogP contribution in [-0.2, 0) is 19.1 Å². The Hall–Kier alpha value is -1.36. The van der Waals surface area contributed by atoms with Crippen LogP contribution in [0.25, 0.3) is 0 Å². The number of hydrogen-bond donors (Lipinski definition) is 1. The highest BCUT2D eigenvalue weighted by Gasteiger charge is 1.97. The Bertz CT molecular complexity index is 286. The van der Waals surface area contributed by atoms with Crippen LogP contribution in [0, 0.1) is 0 Å². The van der Waals surface area contributed by atoms with Crippen LogP contribution in [0.5, 0.6) is 0 Å². The third kappa shape index (κ3) is 13.1. The number of aliphatic hydroxyl groups is 1. The molecule has 0 aliphatic heterocycles. The molecule has 5 nitrogen and oxygen atoms in total. The molecule has 1 N–H and O–H groups in total. The molecule has 0 spiro atoms. The normalized spacial score (nSPS) is 10.7. The van der Waals surface area contributed by atoms with Crippen LogP contribution in [0.1, 0.15) is 51.9 Å². The average molecular weight is 286 g/mol. The molecule has 0 atom stereocenters. The molecule has 5 heteroatoms. The monoisotopic (exact) mass is 286 g/mol. The lowest BCUT2D eigenvalue weighted by atomic mass is 10.1. The zero-order chi connectivity index (χ0) is 15.1. The zero-order valence-corrected chi connectivity index (χ0v) is 12.3. The highest BCUT2D eigenvalue weighted by molar-refractivity contribution is 5.81. The van der Waals surface area contributed by atoms with Gasteiger partial charge in [-0.3, -0.25) is 4.79 Å². The predicted octanol–water partition coefficient (Wildman–Crippen LogP) is 2.37. The topological polar surface area (TPSA) is 72.8 Å². The molecule has 20 heavy (non-hydrogen) atoms. The van der Waals surface area contributed by atoms with Crippen molar-refractivity contribution in [2.24, 2.45) is 0 Å². The molecule has 0 aromatic rings. The number of rotatable bonds is 12. The molecule has 0 radical (unpaired) electrons. The van der Waals surface area contributed by atoms with E-state index in [0.717, 1.165) is 38.5 Å². The summed E-state index contributed by atoms with van der Waals surface area (Å²) in [4.78, 5) is 21.9. The first-order valence-electron chi connectivity index (χ1n) is 7.30. The highest BCUT2D eigenvalue weighted by atomic mass is 16.5. The first-order valence-corrected chi connectivity index (χ1v) is 7.30. The van der Waals surface area contributed by atoms with E-state index in [9.17, 15) is 9.59 Å². The third-order valence-corrected chi connectivity index (χ3v) is 2.66. The molecule has 0 amide bonds. The molecule has 0 unspecified atom stereocenters. The molecule has 0 aliphatic rings. The van der Waals surface area contributed by atoms with Gasteiger partial charge in [0, 0.05) is 12.5 Å². The van der Waals surface area contributed by atoms with E-state index in [0.29, 0.717) is 13.0 Å². The largest absolute Gasteiger partial charge is 0.466 e. The quantitative estimate of drug-likeness (QED) is 0.339. The van der Waals surface area contributed by atoms with Crippen molar-refractivity contribution in [3.05, 3.63) is 12.2 Å². The van der Waals surface area contributed by atoms with Crippen molar-refractivity contribution in [2.45, 2.75) is 51.9 Å². The number of unbranched alkanes of at least 4 members (excludes halogenated alkanes) is 5. The first-order chi connectivity index (χ1) is 9.70. The summed E-state index contributed by atoms with van der Waals surface area (Å²) < 4.78 is 9.65. The van der Waals surface area contributed by atoms with Crippen molar-refractivity contribution in [3.63, 3.8) is 0 Å². The van der Waals surface area contributed by atoms with Crippen molar-refractivity contribution < 1.29 is 24.2 Å². The second-order valence-electron chi connectivity index (χ2n) is 4.42. The Morgan fingerprint density at radius 3 is 2.40 bits per heavy atom. The van der Waals surface area contributed by atoms with Gasteiger partial charge in [0.15, 0.2) is 0 Å². The fourth-order valence-electron chi connectivity index (χ4n) is 1.56. The van der Waals surface area contributed by atoms with Crippen LogP contribution in [0.15, 0.2) is 12.2 Å². The maximum absolute atomic E-state index is 11.0. The van der Waals surface area contributed by atoms with Gasteiger partial charge in [0.25, 0.3) is 0 Å². The van der Waals surface area contributed by atoms with E-state index in [2.05, 4.69) is 4.74 Å². The van der Waals surface area contributed by atoms with Crippen molar-refractivity contribution >= 4 is 11.9 Å². The minimum Gasteiger partial charge on any atom is -0.466 e. The summed E-state index contributed by atoms with van der Waals surface area (Å²) in [5.41, 5.74) is 0. The number of carbonyl (C=O) groups is 2. The van der Waals surface area contributed by atoms with E-state index in [4.69, 9.17) is 9.84 Å². The van der Waals surface area contributed by atoms with Crippen molar-refractivity contribution in [3.8, 4) is 0 Å². The molecule has 0 fully saturated rings. The summed E-state index contributed by atoms with van der Waals surface area (Å²) in [6.07, 6.45) is 9.67. The van der Waals surface area contributed by atoms with Gasteiger partial charge in [-0.25, -0.2) is 4.79 Å². The molecule has 0 saturated heterocycles. The van der Waals surface area contributed by atoms with E-state index >= 15 is 0 Å². The standard InChI is InChI=1S/C15H26O5/c1-2-14(17)19-12-9-7-5-3-4-6-8-10-15(18)20-13-11-16/h8,10,16H,2-7,9,11-13H2,1H3/b10-8+. The minimum atomic E-state index is -0.406. The van der Waals surface area contributed by atoms with Gasteiger partial charge in [-0.1, -0.05) is 32.3 Å². The number of ether oxygens (including phenoxy) is 2. The Morgan fingerprint density at radius 1 is 1.00 bits per heavy atom. The zero-order valence-electron chi connectivity index (χ0n) is 12.3. The molecule has 0 heterocycles. The van der Waals surface area contributed by atoms with Gasteiger partial charge in [0.1, 0.15) is 6.61 Å². The smallest absolute Gasteiger partial charge is 0.330 e. The minimum absolute atomic E-state index is 0.0474. The van der Waals surface area contributed by atoms with E-state index in [1.165, 1.54) is 6.08 Å². The Balaban J connectivity index is 3.26. The fourth-order valence-corrected chi connectivity index (χ4v) is 1.56. The maximum Gasteiger partial charge on any atom is 0.330 e. The molecule has 0 aromatic carbocycles. The van der Waals surface area contributed by atoms with E-state index < -0.39 is 5.97 Å². The Kier molecular flexibility index (Phi) is 13.1. The number of allylic oxidation sites excluding steroid dienone is 1. The van der Waals surface area contributed by atoms with Crippen molar-refractivity contribution in [2.75, 3.05) is 19.8 Å². The van der Waals surface area contributed by atoms with Crippen LogP contribution < -0.4 is 0 Å². The Labute approximate surface area is 121 Å². The van der Waals surface area contributed by atoms with E-state index in [1.54, 1.807) is 13.0 Å². The highest BCUT2D eigenvalue weighted by Crippen LogP contribution is 2.06. The first kappa shape index (κ1) is 18.6. The summed E-state index contributed by atoms with van der Waals surface area (Å²) in [6.45, 7) is 2.21. The molecular formula is C15H26O5. The maximum atomic E-state index is 11.0. The lowest BCUT2D eigenvalue weighted by molar-refractivity contribution is -0.143. The van der Waals surface area contributed by atoms with Crippen LogP contribution in [-0.4, -0.2) is 36.9 Å². The summed E-state index contributed by atoms with van der Waals surface area (Å²) >= 11 is 0. The molecule has 116 valence electrons. The van der Waals surface area contributed by atoms with Crippen molar-refractivity contribution in [1.29, 1.82) is 0 Å². The van der Waals surface area contributed by atoms with Gasteiger partial charge in [-0.15, -0.1) is 0 Å². The lowest BCUT2D eigenvalue weighted by Gasteiger charge is -2.02. The number of hydrogen-bond acceptors (Lipinski definition) is 5. The summed E-state index contributed by atoms with van der Waals surface area (Å²) in [5, 5.41) is 8.46. The summed E-state index contributed by atoms with van der Waals surface area (Å²) in [6, 6.07) is 0. The summed E-state index contributed by atoms with van der Waals surface area (Å²) in [7, 11) is 0. The molecule has 0 bridgehead atoms. The van der Waals surface area contributed by atoms with E-state index in [1.807, 2.05) is 0 Å². The average Bonchev–Trinajstić information content (AvgIpc) is 2.46. The van der Waals surface area contributed by atoms with Gasteiger partial charge in [0.05, 0.1) is 13.2 Å². The van der Waals surface area contributed by atoms with Gasteiger partial charge < -0.3 is 14.6 Å². The number of aliphatic hydroxyl groups excluding tert-OH is 1. The summed E-state index contributed by atoms with van der Waals surface area (Å²) in [5.74, 6) is -0.542. The van der Waals surface area contributed by atoms with Crippen LogP contribution in [0.3, 0.4) is 0 Å². The Morgan fingerprint density at radius 2 is 1.70 bits per heavy atom. The second kappa shape index (κ2) is 14.1.